The van der Waals surface area contributed by atoms with Crippen LogP contribution in [-0.2, 0) is 5.41 Å². The molecule has 3 heteroatoms. The molecule has 15 heavy (non-hydrogen) atoms. The van der Waals surface area contributed by atoms with Crippen molar-refractivity contribution >= 4 is 11.6 Å². The Labute approximate surface area is 95.4 Å². The van der Waals surface area contributed by atoms with E-state index in [1.54, 1.807) is 7.11 Å². The molecule has 82 valence electrons. The zero-order valence-electron chi connectivity index (χ0n) is 9.09. The number of para-hydroxylation sites is 1. The minimum atomic E-state index is 0.0935. The summed E-state index contributed by atoms with van der Waals surface area (Å²) in [6.45, 7) is 2.05. The first-order valence-corrected chi connectivity index (χ1v) is 5.58. The second kappa shape index (κ2) is 3.69. The first kappa shape index (κ1) is 10.8. The molecule has 0 bridgehead atoms. The molecule has 1 saturated carbocycles. The van der Waals surface area contributed by atoms with E-state index in [4.69, 9.17) is 22.1 Å². The zero-order valence-corrected chi connectivity index (χ0v) is 9.84. The molecule has 1 aromatic carbocycles. The molecule has 1 fully saturated rings. The highest BCUT2D eigenvalue weighted by Crippen LogP contribution is 2.54. The highest BCUT2D eigenvalue weighted by molar-refractivity contribution is 6.32. The summed E-state index contributed by atoms with van der Waals surface area (Å²) in [7, 11) is 1.65. The molecule has 2 N–H and O–H groups in total. The second-order valence-corrected chi connectivity index (χ2v) is 4.67. The maximum absolute atomic E-state index is 6.10. The van der Waals surface area contributed by atoms with E-state index in [1.807, 2.05) is 19.1 Å². The van der Waals surface area contributed by atoms with Gasteiger partial charge in [0.25, 0.3) is 0 Å². The highest BCUT2D eigenvalue weighted by Gasteiger charge is 2.49. The van der Waals surface area contributed by atoms with Gasteiger partial charge in [0.1, 0.15) is 5.75 Å². The van der Waals surface area contributed by atoms with Crippen molar-refractivity contribution in [2.24, 2.45) is 5.73 Å². The van der Waals surface area contributed by atoms with Crippen LogP contribution in [0.15, 0.2) is 18.2 Å². The van der Waals surface area contributed by atoms with E-state index in [1.165, 1.54) is 0 Å². The summed E-state index contributed by atoms with van der Waals surface area (Å²) in [4.78, 5) is 0. The Bertz CT molecular complexity index is 372. The summed E-state index contributed by atoms with van der Waals surface area (Å²) in [6.07, 6.45) is 2.25. The van der Waals surface area contributed by atoms with Gasteiger partial charge in [0, 0.05) is 17.0 Å². The number of rotatable bonds is 3. The molecule has 0 heterocycles. The van der Waals surface area contributed by atoms with E-state index in [0.29, 0.717) is 5.02 Å². The van der Waals surface area contributed by atoms with E-state index in [2.05, 4.69) is 6.07 Å². The third-order valence-corrected chi connectivity index (χ3v) is 3.67. The van der Waals surface area contributed by atoms with Gasteiger partial charge in [-0.3, -0.25) is 0 Å². The number of nitrogens with two attached hydrogens (primary N) is 1. The van der Waals surface area contributed by atoms with Gasteiger partial charge in [0.2, 0.25) is 0 Å². The Morgan fingerprint density at radius 3 is 2.60 bits per heavy atom. The third-order valence-electron chi connectivity index (χ3n) is 3.37. The van der Waals surface area contributed by atoms with E-state index in [9.17, 15) is 0 Å². The predicted octanol–water partition coefficient (Wildman–Crippen LogP) is 2.73. The van der Waals surface area contributed by atoms with Gasteiger partial charge in [0.15, 0.2) is 0 Å². The molecule has 1 aromatic rings. The van der Waals surface area contributed by atoms with Crippen LogP contribution >= 0.6 is 11.6 Å². The smallest absolute Gasteiger partial charge is 0.141 e. The van der Waals surface area contributed by atoms with Crippen molar-refractivity contribution in [2.75, 3.05) is 7.11 Å². The van der Waals surface area contributed by atoms with Gasteiger partial charge in [-0.05, 0) is 25.8 Å². The summed E-state index contributed by atoms with van der Waals surface area (Å²) in [5.74, 6) is 0.786. The van der Waals surface area contributed by atoms with Crippen molar-refractivity contribution in [1.82, 2.24) is 0 Å². The number of benzene rings is 1. The fraction of sp³-hybridized carbons (Fsp3) is 0.500. The Morgan fingerprint density at radius 1 is 1.47 bits per heavy atom. The van der Waals surface area contributed by atoms with Gasteiger partial charge in [-0.1, -0.05) is 23.7 Å². The lowest BCUT2D eigenvalue weighted by atomic mass is 9.89. The summed E-state index contributed by atoms with van der Waals surface area (Å²) in [5.41, 5.74) is 7.29. The molecule has 2 nitrogen and oxygen atoms in total. The van der Waals surface area contributed by atoms with Crippen LogP contribution in [0.1, 0.15) is 25.3 Å². The first-order valence-electron chi connectivity index (χ1n) is 5.20. The molecular weight excluding hydrogens is 210 g/mol. The van der Waals surface area contributed by atoms with Crippen LogP contribution in [0.3, 0.4) is 0 Å². The maximum atomic E-state index is 6.10. The Hall–Kier alpha value is -0.730. The van der Waals surface area contributed by atoms with E-state index in [-0.39, 0.29) is 11.5 Å². The summed E-state index contributed by atoms with van der Waals surface area (Å²) in [5, 5.41) is 0.668. The fourth-order valence-corrected chi connectivity index (χ4v) is 2.46. The lowest BCUT2D eigenvalue weighted by Gasteiger charge is -2.23. The van der Waals surface area contributed by atoms with Crippen molar-refractivity contribution in [3.63, 3.8) is 0 Å². The normalized spacial score (nSPS) is 19.7. The number of methoxy groups -OCH3 is 1. The van der Waals surface area contributed by atoms with Crippen molar-refractivity contribution in [3.8, 4) is 5.75 Å². The van der Waals surface area contributed by atoms with E-state index >= 15 is 0 Å². The van der Waals surface area contributed by atoms with Crippen LogP contribution in [-0.4, -0.2) is 13.2 Å². The molecule has 0 radical (unpaired) electrons. The third kappa shape index (κ3) is 1.62. The van der Waals surface area contributed by atoms with Crippen LogP contribution < -0.4 is 10.5 Å². The van der Waals surface area contributed by atoms with E-state index in [0.717, 1.165) is 24.2 Å². The average Bonchev–Trinajstić information content (AvgIpc) is 2.98. The van der Waals surface area contributed by atoms with Gasteiger partial charge < -0.3 is 10.5 Å². The zero-order chi connectivity index (χ0) is 11.1. The van der Waals surface area contributed by atoms with Crippen LogP contribution in [0, 0.1) is 0 Å². The SMILES string of the molecule is COc1c(Cl)cccc1C1(C(C)N)CC1. The molecule has 0 spiro atoms. The molecule has 0 amide bonds. The van der Waals surface area contributed by atoms with Crippen LogP contribution in [0.4, 0.5) is 0 Å². The standard InChI is InChI=1S/C12H16ClNO/c1-8(14)12(6-7-12)9-4-3-5-10(13)11(9)15-2/h3-5,8H,6-7,14H2,1-2H3. The molecule has 0 saturated heterocycles. The minimum Gasteiger partial charge on any atom is -0.495 e. The summed E-state index contributed by atoms with van der Waals surface area (Å²) in [6, 6.07) is 6.02. The quantitative estimate of drug-likeness (QED) is 0.859. The van der Waals surface area contributed by atoms with Crippen LogP contribution in [0.2, 0.25) is 5.02 Å². The number of halogens is 1. The second-order valence-electron chi connectivity index (χ2n) is 4.27. The molecule has 1 atom stereocenters. The maximum Gasteiger partial charge on any atom is 0.141 e. The summed E-state index contributed by atoms with van der Waals surface area (Å²) < 4.78 is 5.37. The Balaban J connectivity index is 2.49. The fourth-order valence-electron chi connectivity index (χ4n) is 2.21. The molecule has 1 aliphatic carbocycles. The van der Waals surface area contributed by atoms with Gasteiger partial charge in [0.05, 0.1) is 12.1 Å². The molecule has 1 unspecified atom stereocenters. The van der Waals surface area contributed by atoms with Gasteiger partial charge in [-0.25, -0.2) is 0 Å². The Morgan fingerprint density at radius 2 is 2.13 bits per heavy atom. The number of ether oxygens (including phenoxy) is 1. The van der Waals surface area contributed by atoms with Crippen molar-refractivity contribution < 1.29 is 4.74 Å². The largest absolute Gasteiger partial charge is 0.495 e. The summed E-state index contributed by atoms with van der Waals surface area (Å²) >= 11 is 6.10. The van der Waals surface area contributed by atoms with Crippen molar-refractivity contribution in [1.29, 1.82) is 0 Å². The van der Waals surface area contributed by atoms with Crippen molar-refractivity contribution in [3.05, 3.63) is 28.8 Å². The topological polar surface area (TPSA) is 35.2 Å². The molecule has 0 aromatic heterocycles. The average molecular weight is 226 g/mol. The monoisotopic (exact) mass is 225 g/mol. The number of hydrogen-bond acceptors (Lipinski definition) is 2. The van der Waals surface area contributed by atoms with Gasteiger partial charge in [-0.15, -0.1) is 0 Å². The van der Waals surface area contributed by atoms with Crippen molar-refractivity contribution in [2.45, 2.75) is 31.2 Å². The molecule has 2 rings (SSSR count). The van der Waals surface area contributed by atoms with Gasteiger partial charge in [-0.2, -0.15) is 0 Å². The molecule has 0 aliphatic heterocycles. The van der Waals surface area contributed by atoms with Crippen LogP contribution in [0.25, 0.3) is 0 Å². The lowest BCUT2D eigenvalue weighted by Crippen LogP contribution is -2.31. The van der Waals surface area contributed by atoms with Crippen LogP contribution in [0.5, 0.6) is 5.75 Å². The Kier molecular flexibility index (Phi) is 2.65. The van der Waals surface area contributed by atoms with Gasteiger partial charge >= 0.3 is 0 Å². The first-order chi connectivity index (χ1) is 7.12. The minimum absolute atomic E-state index is 0.0935. The lowest BCUT2D eigenvalue weighted by molar-refractivity contribution is 0.399. The van der Waals surface area contributed by atoms with E-state index < -0.39 is 0 Å². The number of hydrogen-bond donors (Lipinski definition) is 1. The highest BCUT2D eigenvalue weighted by atomic mass is 35.5. The molecular formula is C12H16ClNO. The molecule has 1 aliphatic rings. The predicted molar refractivity (Wildman–Crippen MR) is 62.6 cm³/mol.